The molecule has 1 heterocycles. The Labute approximate surface area is 160 Å². The van der Waals surface area contributed by atoms with Crippen LogP contribution in [-0.2, 0) is 0 Å². The van der Waals surface area contributed by atoms with E-state index in [0.717, 1.165) is 34.8 Å². The quantitative estimate of drug-likeness (QED) is 0.620. The van der Waals surface area contributed by atoms with E-state index in [9.17, 15) is 0 Å². The molecule has 0 spiro atoms. The number of anilines is 1. The Morgan fingerprint density at radius 3 is 2.41 bits per heavy atom. The Morgan fingerprint density at radius 1 is 0.889 bits per heavy atom. The number of rotatable bonds is 4. The first-order chi connectivity index (χ1) is 13.3. The van der Waals surface area contributed by atoms with Gasteiger partial charge in [0.2, 0.25) is 0 Å². The molecule has 3 heteroatoms. The van der Waals surface area contributed by atoms with Gasteiger partial charge in [-0.05, 0) is 41.5 Å². The van der Waals surface area contributed by atoms with E-state index in [1.54, 1.807) is 7.11 Å². The van der Waals surface area contributed by atoms with Crippen LogP contribution in [0, 0.1) is 0 Å². The zero-order chi connectivity index (χ0) is 18.5. The van der Waals surface area contributed by atoms with E-state index < -0.39 is 0 Å². The number of aliphatic imine (C=N–C) groups is 1. The summed E-state index contributed by atoms with van der Waals surface area (Å²) in [5.74, 6) is 0.862. The number of benzene rings is 3. The van der Waals surface area contributed by atoms with Gasteiger partial charge in [0.25, 0.3) is 0 Å². The highest BCUT2D eigenvalue weighted by atomic mass is 16.5. The molecule has 1 aliphatic heterocycles. The van der Waals surface area contributed by atoms with Crippen molar-refractivity contribution in [2.75, 3.05) is 12.4 Å². The lowest BCUT2D eigenvalue weighted by Crippen LogP contribution is -2.12. The molecule has 0 fully saturated rings. The second-order valence-electron chi connectivity index (χ2n) is 6.54. The second-order valence-corrected chi connectivity index (χ2v) is 6.54. The third-order valence-electron chi connectivity index (χ3n) is 4.70. The molecule has 0 bridgehead atoms. The first-order valence-electron chi connectivity index (χ1n) is 9.12. The number of hydrogen-bond donors (Lipinski definition) is 1. The molecule has 1 unspecified atom stereocenters. The van der Waals surface area contributed by atoms with Crippen LogP contribution in [-0.4, -0.2) is 12.8 Å². The van der Waals surface area contributed by atoms with Gasteiger partial charge in [0.05, 0.1) is 24.5 Å². The number of fused-ring (bicyclic) bond motifs is 1. The lowest BCUT2D eigenvalue weighted by atomic mass is 10.0. The molecule has 0 saturated heterocycles. The smallest absolute Gasteiger partial charge is 0.118 e. The highest BCUT2D eigenvalue weighted by molar-refractivity contribution is 6.02. The molecule has 0 amide bonds. The average Bonchev–Trinajstić information content (AvgIpc) is 2.92. The molecule has 3 aromatic carbocycles. The zero-order valence-corrected chi connectivity index (χ0v) is 15.3. The summed E-state index contributed by atoms with van der Waals surface area (Å²) in [6, 6.07) is 27.0. The number of nitrogens with zero attached hydrogens (tertiary/aromatic N) is 1. The third-order valence-corrected chi connectivity index (χ3v) is 4.70. The molecule has 0 radical (unpaired) electrons. The maximum absolute atomic E-state index is 5.23. The Balaban J connectivity index is 1.65. The average molecular weight is 354 g/mol. The highest BCUT2D eigenvalue weighted by Gasteiger charge is 2.18. The highest BCUT2D eigenvalue weighted by Crippen LogP contribution is 2.34. The normalized spacial score (nSPS) is 16.2. The summed E-state index contributed by atoms with van der Waals surface area (Å²) >= 11 is 0. The predicted octanol–water partition coefficient (Wildman–Crippen LogP) is 6.04. The summed E-state index contributed by atoms with van der Waals surface area (Å²) in [5.41, 5.74) is 5.49. The van der Waals surface area contributed by atoms with Crippen LogP contribution in [0.25, 0.3) is 6.08 Å². The molecule has 134 valence electrons. The van der Waals surface area contributed by atoms with Crippen molar-refractivity contribution in [3.8, 4) is 5.75 Å². The van der Waals surface area contributed by atoms with Gasteiger partial charge in [-0.3, -0.25) is 4.99 Å². The Bertz CT molecular complexity index is 959. The lowest BCUT2D eigenvalue weighted by Gasteiger charge is -2.18. The van der Waals surface area contributed by atoms with Crippen LogP contribution in [0.3, 0.4) is 0 Å². The van der Waals surface area contributed by atoms with Crippen molar-refractivity contribution in [2.45, 2.75) is 12.5 Å². The summed E-state index contributed by atoms with van der Waals surface area (Å²) in [6.45, 7) is 0. The topological polar surface area (TPSA) is 33.6 Å². The molecule has 0 aliphatic carbocycles. The third kappa shape index (κ3) is 4.09. The number of hydrogen-bond acceptors (Lipinski definition) is 3. The van der Waals surface area contributed by atoms with Crippen LogP contribution in [0.5, 0.6) is 5.75 Å². The van der Waals surface area contributed by atoms with Gasteiger partial charge in [-0.1, -0.05) is 60.7 Å². The molecule has 1 N–H and O–H groups in total. The Hall–Kier alpha value is -3.33. The van der Waals surface area contributed by atoms with Crippen LogP contribution in [0.1, 0.15) is 23.6 Å². The Morgan fingerprint density at radius 2 is 1.63 bits per heavy atom. The maximum atomic E-state index is 5.23. The number of methoxy groups -OCH3 is 1. The van der Waals surface area contributed by atoms with E-state index in [-0.39, 0.29) is 6.04 Å². The summed E-state index contributed by atoms with van der Waals surface area (Å²) in [7, 11) is 1.68. The number of ether oxygens (including phenoxy) is 1. The molecular formula is C24H22N2O. The largest absolute Gasteiger partial charge is 0.497 e. The van der Waals surface area contributed by atoms with Crippen LogP contribution in [0.2, 0.25) is 0 Å². The fourth-order valence-electron chi connectivity index (χ4n) is 3.24. The van der Waals surface area contributed by atoms with Gasteiger partial charge in [-0.15, -0.1) is 0 Å². The first-order valence-corrected chi connectivity index (χ1v) is 9.12. The van der Waals surface area contributed by atoms with E-state index in [2.05, 4.69) is 53.9 Å². The summed E-state index contributed by atoms with van der Waals surface area (Å²) in [6.07, 6.45) is 5.04. The minimum absolute atomic E-state index is 0.189. The SMILES string of the molecule is COc1ccc(/C=C/C2=Nc3ccccc3NC(c3ccccc3)C2)cc1. The maximum Gasteiger partial charge on any atom is 0.118 e. The monoisotopic (exact) mass is 354 g/mol. The van der Waals surface area contributed by atoms with E-state index >= 15 is 0 Å². The van der Waals surface area contributed by atoms with Gasteiger partial charge in [0.15, 0.2) is 0 Å². The second kappa shape index (κ2) is 7.92. The van der Waals surface area contributed by atoms with Crippen LogP contribution in [0.4, 0.5) is 11.4 Å². The van der Waals surface area contributed by atoms with Crippen LogP contribution >= 0.6 is 0 Å². The number of para-hydroxylation sites is 2. The molecule has 3 aromatic rings. The van der Waals surface area contributed by atoms with Crippen molar-refractivity contribution in [3.63, 3.8) is 0 Å². The fourth-order valence-corrected chi connectivity index (χ4v) is 3.24. The Kier molecular flexibility index (Phi) is 5.01. The van der Waals surface area contributed by atoms with E-state index in [1.165, 1.54) is 5.56 Å². The van der Waals surface area contributed by atoms with E-state index in [0.29, 0.717) is 0 Å². The number of allylic oxidation sites excluding steroid dienone is 1. The molecular weight excluding hydrogens is 332 g/mol. The van der Waals surface area contributed by atoms with Crippen molar-refractivity contribution >= 4 is 23.2 Å². The van der Waals surface area contributed by atoms with E-state index in [4.69, 9.17) is 9.73 Å². The number of nitrogens with one attached hydrogen (secondary N) is 1. The molecule has 1 atom stereocenters. The molecule has 4 rings (SSSR count). The van der Waals surface area contributed by atoms with Crippen molar-refractivity contribution in [1.82, 2.24) is 0 Å². The van der Waals surface area contributed by atoms with Gasteiger partial charge >= 0.3 is 0 Å². The van der Waals surface area contributed by atoms with Crippen molar-refractivity contribution < 1.29 is 4.74 Å². The molecule has 1 aliphatic rings. The molecule has 0 saturated carbocycles. The summed E-state index contributed by atoms with van der Waals surface area (Å²) in [4.78, 5) is 4.91. The molecule has 0 aromatic heterocycles. The minimum Gasteiger partial charge on any atom is -0.497 e. The lowest BCUT2D eigenvalue weighted by molar-refractivity contribution is 0.415. The predicted molar refractivity (Wildman–Crippen MR) is 113 cm³/mol. The van der Waals surface area contributed by atoms with Gasteiger partial charge in [-0.25, -0.2) is 0 Å². The molecule has 27 heavy (non-hydrogen) atoms. The fraction of sp³-hybridized carbons (Fsp3) is 0.125. The van der Waals surface area contributed by atoms with Crippen molar-refractivity contribution in [3.05, 3.63) is 96.1 Å². The standard InChI is InChI=1S/C24H22N2O/c1-27-21-15-12-18(13-16-21)11-14-20-17-24(19-7-3-2-4-8-19)26-23-10-6-5-9-22(23)25-20/h2-16,24,26H,17H2,1H3/b14-11+. The van der Waals surface area contributed by atoms with Crippen molar-refractivity contribution in [1.29, 1.82) is 0 Å². The van der Waals surface area contributed by atoms with Gasteiger partial charge < -0.3 is 10.1 Å². The zero-order valence-electron chi connectivity index (χ0n) is 15.3. The molecule has 3 nitrogen and oxygen atoms in total. The van der Waals surface area contributed by atoms with Gasteiger partial charge in [-0.2, -0.15) is 0 Å². The van der Waals surface area contributed by atoms with Gasteiger partial charge in [0.1, 0.15) is 5.75 Å². The van der Waals surface area contributed by atoms with Gasteiger partial charge in [0, 0.05) is 12.1 Å². The van der Waals surface area contributed by atoms with Crippen molar-refractivity contribution in [2.24, 2.45) is 4.99 Å². The minimum atomic E-state index is 0.189. The first kappa shape index (κ1) is 17.1. The van der Waals surface area contributed by atoms with E-state index in [1.807, 2.05) is 42.5 Å². The van der Waals surface area contributed by atoms with Crippen LogP contribution < -0.4 is 10.1 Å². The summed E-state index contributed by atoms with van der Waals surface area (Å²) < 4.78 is 5.23. The summed E-state index contributed by atoms with van der Waals surface area (Å²) in [5, 5.41) is 3.65. The van der Waals surface area contributed by atoms with Crippen LogP contribution in [0.15, 0.2) is 89.9 Å².